The molecule has 2 heterocycles. The summed E-state index contributed by atoms with van der Waals surface area (Å²) in [5, 5.41) is 10.3. The second-order valence-electron chi connectivity index (χ2n) is 7.38. The molecule has 0 aliphatic carbocycles. The molecule has 166 valence electrons. The summed E-state index contributed by atoms with van der Waals surface area (Å²) in [4.78, 5) is 27.9. The van der Waals surface area contributed by atoms with E-state index in [0.29, 0.717) is 46.6 Å². The van der Waals surface area contributed by atoms with Crippen LogP contribution >= 0.6 is 11.6 Å². The third kappa shape index (κ3) is 4.40. The quantitative estimate of drug-likeness (QED) is 0.580. The van der Waals surface area contributed by atoms with Crippen molar-refractivity contribution in [2.45, 2.75) is 12.8 Å². The topological polar surface area (TPSA) is 96.5 Å². The van der Waals surface area contributed by atoms with Crippen molar-refractivity contribution in [3.05, 3.63) is 58.7 Å². The summed E-state index contributed by atoms with van der Waals surface area (Å²) in [6, 6.07) is 12.0. The van der Waals surface area contributed by atoms with E-state index in [4.69, 9.17) is 21.1 Å². The average Bonchev–Trinajstić information content (AvgIpc) is 3.51. The number of hydrogen-bond acceptors (Lipinski definition) is 5. The summed E-state index contributed by atoms with van der Waals surface area (Å²) < 4.78 is 10.7. The Hall–Kier alpha value is -3.52. The number of likely N-dealkylation sites (tertiary alicyclic amines) is 1. The van der Waals surface area contributed by atoms with Gasteiger partial charge in [-0.3, -0.25) is 14.7 Å². The van der Waals surface area contributed by atoms with Crippen molar-refractivity contribution in [2.24, 2.45) is 0 Å². The molecule has 1 saturated heterocycles. The molecule has 1 aliphatic heterocycles. The minimum Gasteiger partial charge on any atom is -0.493 e. The second-order valence-corrected chi connectivity index (χ2v) is 7.82. The Morgan fingerprint density at radius 1 is 1.06 bits per heavy atom. The summed E-state index contributed by atoms with van der Waals surface area (Å²) >= 11 is 6.05. The highest BCUT2D eigenvalue weighted by molar-refractivity contribution is 6.30. The number of nitrogens with zero attached hydrogens (tertiary/aromatic N) is 2. The van der Waals surface area contributed by atoms with E-state index in [1.807, 2.05) is 12.1 Å². The van der Waals surface area contributed by atoms with Gasteiger partial charge in [0.15, 0.2) is 11.5 Å². The highest BCUT2D eigenvalue weighted by Gasteiger charge is 2.25. The zero-order valence-electron chi connectivity index (χ0n) is 17.8. The van der Waals surface area contributed by atoms with Gasteiger partial charge < -0.3 is 19.7 Å². The Morgan fingerprint density at radius 3 is 2.47 bits per heavy atom. The molecule has 1 aliphatic rings. The molecule has 2 N–H and O–H groups in total. The first-order valence-corrected chi connectivity index (χ1v) is 10.6. The fourth-order valence-electron chi connectivity index (χ4n) is 3.67. The molecule has 0 bridgehead atoms. The largest absolute Gasteiger partial charge is 0.493 e. The van der Waals surface area contributed by atoms with Crippen molar-refractivity contribution in [3.63, 3.8) is 0 Å². The Bertz CT molecular complexity index is 1150. The van der Waals surface area contributed by atoms with E-state index in [2.05, 4.69) is 15.5 Å². The van der Waals surface area contributed by atoms with Gasteiger partial charge in [-0.2, -0.15) is 5.10 Å². The third-order valence-electron chi connectivity index (χ3n) is 5.34. The number of carbonyl (C=O) groups is 2. The first kappa shape index (κ1) is 21.7. The smallest absolute Gasteiger partial charge is 0.273 e. The highest BCUT2D eigenvalue weighted by Crippen LogP contribution is 2.35. The summed E-state index contributed by atoms with van der Waals surface area (Å²) in [5.41, 5.74) is 2.28. The van der Waals surface area contributed by atoms with E-state index in [0.717, 1.165) is 18.4 Å². The Morgan fingerprint density at radius 2 is 1.78 bits per heavy atom. The maximum atomic E-state index is 13.1. The van der Waals surface area contributed by atoms with Crippen LogP contribution in [0.5, 0.6) is 11.5 Å². The van der Waals surface area contributed by atoms with Crippen molar-refractivity contribution in [3.8, 4) is 22.8 Å². The Balaban J connectivity index is 1.64. The van der Waals surface area contributed by atoms with E-state index < -0.39 is 5.91 Å². The molecule has 0 atom stereocenters. The SMILES string of the molecule is COc1cc(NC(=O)c2cc(-c3cccc(Cl)c3)n[nH]2)c(C(=O)N2CCCC2)cc1OC. The molecular formula is C23H23ClN4O4. The molecule has 0 radical (unpaired) electrons. The van der Waals surface area contributed by atoms with Crippen LogP contribution in [0, 0.1) is 0 Å². The number of rotatable bonds is 6. The van der Waals surface area contributed by atoms with E-state index in [1.165, 1.54) is 14.2 Å². The van der Waals surface area contributed by atoms with Crippen LogP contribution in [0.15, 0.2) is 42.5 Å². The van der Waals surface area contributed by atoms with Gasteiger partial charge in [0, 0.05) is 29.7 Å². The van der Waals surface area contributed by atoms with Gasteiger partial charge >= 0.3 is 0 Å². The number of aromatic amines is 1. The standard InChI is InChI=1S/C23H23ClN4O4/c1-31-20-11-16(23(30)28-8-3-4-9-28)18(13-21(20)32-2)25-22(29)19-12-17(26-27-19)14-6-5-7-15(24)10-14/h5-7,10-13H,3-4,8-9H2,1-2H3,(H,25,29)(H,26,27). The monoisotopic (exact) mass is 454 g/mol. The number of nitrogens with one attached hydrogen (secondary N) is 2. The van der Waals surface area contributed by atoms with Crippen molar-refractivity contribution in [1.29, 1.82) is 0 Å². The van der Waals surface area contributed by atoms with E-state index in [9.17, 15) is 9.59 Å². The molecule has 1 fully saturated rings. The van der Waals surface area contributed by atoms with Crippen molar-refractivity contribution >= 4 is 29.1 Å². The lowest BCUT2D eigenvalue weighted by Crippen LogP contribution is -2.29. The molecule has 2 amide bonds. The zero-order valence-corrected chi connectivity index (χ0v) is 18.5. The lowest BCUT2D eigenvalue weighted by atomic mass is 10.1. The number of hydrogen-bond donors (Lipinski definition) is 2. The molecule has 8 nitrogen and oxygen atoms in total. The number of H-pyrrole nitrogens is 1. The maximum Gasteiger partial charge on any atom is 0.273 e. The van der Waals surface area contributed by atoms with Gasteiger partial charge in [0.1, 0.15) is 5.69 Å². The highest BCUT2D eigenvalue weighted by atomic mass is 35.5. The average molecular weight is 455 g/mol. The Labute approximate surface area is 190 Å². The van der Waals surface area contributed by atoms with E-state index in [-0.39, 0.29) is 11.6 Å². The predicted molar refractivity (Wildman–Crippen MR) is 122 cm³/mol. The fraction of sp³-hybridized carbons (Fsp3) is 0.261. The normalized spacial score (nSPS) is 13.2. The number of halogens is 1. The van der Waals surface area contributed by atoms with Gasteiger partial charge in [-0.05, 0) is 37.1 Å². The Kier molecular flexibility index (Phi) is 6.32. The molecule has 9 heteroatoms. The number of amides is 2. The lowest BCUT2D eigenvalue weighted by Gasteiger charge is -2.20. The summed E-state index contributed by atoms with van der Waals surface area (Å²) in [6.45, 7) is 1.37. The van der Waals surface area contributed by atoms with Crippen molar-refractivity contribution in [2.75, 3.05) is 32.6 Å². The van der Waals surface area contributed by atoms with Crippen LogP contribution in [-0.4, -0.2) is 54.2 Å². The van der Waals surface area contributed by atoms with Crippen LogP contribution in [0.25, 0.3) is 11.3 Å². The number of carbonyl (C=O) groups excluding carboxylic acids is 2. The van der Waals surface area contributed by atoms with Gasteiger partial charge in [-0.25, -0.2) is 0 Å². The number of benzene rings is 2. The van der Waals surface area contributed by atoms with E-state index in [1.54, 1.807) is 35.2 Å². The molecule has 0 saturated carbocycles. The molecule has 3 aromatic rings. The number of ether oxygens (including phenoxy) is 2. The third-order valence-corrected chi connectivity index (χ3v) is 5.57. The number of aromatic nitrogens is 2. The van der Waals surface area contributed by atoms with Crippen LogP contribution in [0.3, 0.4) is 0 Å². The van der Waals surface area contributed by atoms with Crippen molar-refractivity contribution in [1.82, 2.24) is 15.1 Å². The zero-order chi connectivity index (χ0) is 22.7. The van der Waals surface area contributed by atoms with Gasteiger partial charge in [0.25, 0.3) is 11.8 Å². The molecule has 4 rings (SSSR count). The minimum atomic E-state index is -0.437. The van der Waals surface area contributed by atoms with Crippen LogP contribution in [0.2, 0.25) is 5.02 Å². The van der Waals surface area contributed by atoms with Gasteiger partial charge in [-0.1, -0.05) is 23.7 Å². The van der Waals surface area contributed by atoms with Crippen LogP contribution in [0.1, 0.15) is 33.7 Å². The first-order chi connectivity index (χ1) is 15.5. The van der Waals surface area contributed by atoms with Gasteiger partial charge in [-0.15, -0.1) is 0 Å². The van der Waals surface area contributed by atoms with Crippen LogP contribution < -0.4 is 14.8 Å². The van der Waals surface area contributed by atoms with Crippen LogP contribution in [-0.2, 0) is 0 Å². The molecule has 2 aromatic carbocycles. The molecule has 1 aromatic heterocycles. The molecule has 0 spiro atoms. The van der Waals surface area contributed by atoms with Gasteiger partial charge in [0.2, 0.25) is 0 Å². The summed E-state index contributed by atoms with van der Waals surface area (Å²) in [7, 11) is 3.00. The fourth-order valence-corrected chi connectivity index (χ4v) is 3.86. The van der Waals surface area contributed by atoms with E-state index >= 15 is 0 Å². The van der Waals surface area contributed by atoms with Crippen molar-refractivity contribution < 1.29 is 19.1 Å². The number of anilines is 1. The second kappa shape index (κ2) is 9.32. The van der Waals surface area contributed by atoms with Crippen LogP contribution in [0.4, 0.5) is 5.69 Å². The first-order valence-electron chi connectivity index (χ1n) is 10.2. The molecule has 0 unspecified atom stereocenters. The lowest BCUT2D eigenvalue weighted by molar-refractivity contribution is 0.0793. The minimum absolute atomic E-state index is 0.164. The molecule has 32 heavy (non-hydrogen) atoms. The summed E-state index contributed by atoms with van der Waals surface area (Å²) in [6.07, 6.45) is 1.92. The summed E-state index contributed by atoms with van der Waals surface area (Å²) in [5.74, 6) is 0.222. The maximum absolute atomic E-state index is 13.1. The molecular weight excluding hydrogens is 432 g/mol. The number of methoxy groups -OCH3 is 2. The van der Waals surface area contributed by atoms with Gasteiger partial charge in [0.05, 0.1) is 31.2 Å². The predicted octanol–water partition coefficient (Wildman–Crippen LogP) is 4.24.